The summed E-state index contributed by atoms with van der Waals surface area (Å²) < 4.78 is 59.0. The van der Waals surface area contributed by atoms with E-state index in [0.717, 1.165) is 5.57 Å². The van der Waals surface area contributed by atoms with Gasteiger partial charge >= 0.3 is 5.97 Å². The minimum absolute atomic E-state index is 0.0248. The van der Waals surface area contributed by atoms with E-state index in [1.807, 2.05) is 6.92 Å². The van der Waals surface area contributed by atoms with Gasteiger partial charge in [-0.25, -0.2) is 0 Å². The third kappa shape index (κ3) is 11.3. The largest absolute Gasteiger partial charge is 0.432 e. The van der Waals surface area contributed by atoms with Crippen molar-refractivity contribution in [3.63, 3.8) is 0 Å². The number of carbonyl (C=O) groups excluding carboxylic acids is 1. The van der Waals surface area contributed by atoms with Crippen LogP contribution < -0.4 is 0 Å². The standard InChI is InChI=1S/C59H96O28/c1-23-34(65)38(69)42(73)49(80-23)85-46-28(19-61)82-48(45(76)41(46)72)79-21-29-37(68)40(71)44(75)51(83-29)87-53(77)59-15-14-54(2,3)16-25(59)24-8-9-31-55(4)12-11-33(56(5,22-62)30(55)10-13-57(31,6)58(24,7)17-32(59)64)84-52-47(35(66)26(63)20-78-52)86-50-43(74)39(70)36(67)27(18-60)81-50/h8,23,25-52,60-76H,9-22H2,1-7H3. The quantitative estimate of drug-likeness (QED) is 0.0442. The van der Waals surface area contributed by atoms with Gasteiger partial charge in [-0.2, -0.15) is 0 Å². The van der Waals surface area contributed by atoms with Crippen molar-refractivity contribution in [2.75, 3.05) is 33.0 Å². The van der Waals surface area contributed by atoms with Gasteiger partial charge in [0.15, 0.2) is 25.2 Å². The Balaban J connectivity index is 0.845. The summed E-state index contributed by atoms with van der Waals surface area (Å²) in [6, 6.07) is 0. The Bertz CT molecular complexity index is 2420. The molecule has 0 amide bonds. The highest BCUT2D eigenvalue weighted by Gasteiger charge is 2.73. The van der Waals surface area contributed by atoms with Crippen LogP contribution in [0.4, 0.5) is 0 Å². The molecule has 5 saturated heterocycles. The molecule has 0 aromatic carbocycles. The van der Waals surface area contributed by atoms with Gasteiger partial charge in [0.25, 0.3) is 0 Å². The lowest BCUT2D eigenvalue weighted by atomic mass is 9.33. The first kappa shape index (κ1) is 68.0. The molecule has 10 rings (SSSR count). The fourth-order valence-electron chi connectivity index (χ4n) is 17.7. The average Bonchev–Trinajstić information content (AvgIpc) is 0.768. The smallest absolute Gasteiger partial charge is 0.317 e. The molecule has 5 aliphatic heterocycles. The van der Waals surface area contributed by atoms with Crippen LogP contribution >= 0.6 is 0 Å². The molecule has 4 saturated carbocycles. The number of hydrogen-bond acceptors (Lipinski definition) is 28. The summed E-state index contributed by atoms with van der Waals surface area (Å²) in [6.07, 6.45) is -35.4. The maximum atomic E-state index is 15.3. The van der Waals surface area contributed by atoms with Crippen molar-refractivity contribution in [2.24, 2.45) is 50.2 Å². The van der Waals surface area contributed by atoms with Gasteiger partial charge in [-0.3, -0.25) is 4.79 Å². The summed E-state index contributed by atoms with van der Waals surface area (Å²) in [5.41, 5.74) is -3.44. The lowest BCUT2D eigenvalue weighted by Gasteiger charge is -2.72. The summed E-state index contributed by atoms with van der Waals surface area (Å²) in [6.45, 7) is 11.3. The van der Waals surface area contributed by atoms with E-state index in [4.69, 9.17) is 47.4 Å². The fourth-order valence-corrected chi connectivity index (χ4v) is 17.7. The number of allylic oxidation sites excluding steroid dienone is 2. The monoisotopic (exact) mass is 1250 g/mol. The highest BCUT2D eigenvalue weighted by Crippen LogP contribution is 2.76. The highest BCUT2D eigenvalue weighted by molar-refractivity contribution is 5.80. The van der Waals surface area contributed by atoms with Crippen LogP contribution in [-0.4, -0.2) is 285 Å². The molecule has 9 fully saturated rings. The van der Waals surface area contributed by atoms with Gasteiger partial charge in [0.2, 0.25) is 6.29 Å². The van der Waals surface area contributed by atoms with Gasteiger partial charge in [-0.1, -0.05) is 53.2 Å². The summed E-state index contributed by atoms with van der Waals surface area (Å²) in [5, 5.41) is 185. The minimum atomic E-state index is -1.99. The molecule has 0 spiro atoms. The number of fused-ring (bicyclic) bond motifs is 7. The molecule has 500 valence electrons. The molecule has 0 aromatic heterocycles. The first-order valence-corrected chi connectivity index (χ1v) is 30.9. The summed E-state index contributed by atoms with van der Waals surface area (Å²) in [4.78, 5) is 15.3. The second-order valence-corrected chi connectivity index (χ2v) is 28.6. The minimum Gasteiger partial charge on any atom is -0.432 e. The lowest BCUT2D eigenvalue weighted by Crippen LogP contribution is -2.69. The van der Waals surface area contributed by atoms with Crippen LogP contribution in [0.1, 0.15) is 106 Å². The number of esters is 1. The number of rotatable bonds is 14. The Morgan fingerprint density at radius 2 is 1.15 bits per heavy atom. The van der Waals surface area contributed by atoms with Crippen LogP contribution in [0, 0.1) is 50.2 Å². The molecule has 5 aliphatic carbocycles. The lowest BCUT2D eigenvalue weighted by molar-refractivity contribution is -0.368. The molecule has 17 N–H and O–H groups in total. The maximum absolute atomic E-state index is 15.3. The molecule has 0 aromatic rings. The normalized spacial score (nSPS) is 55.1. The van der Waals surface area contributed by atoms with E-state index in [2.05, 4.69) is 40.7 Å². The van der Waals surface area contributed by atoms with Crippen molar-refractivity contribution in [3.05, 3.63) is 11.6 Å². The van der Waals surface area contributed by atoms with Gasteiger partial charge in [0, 0.05) is 5.41 Å². The maximum Gasteiger partial charge on any atom is 0.317 e. The topological polar surface area (TPSA) is 453 Å². The summed E-state index contributed by atoms with van der Waals surface area (Å²) >= 11 is 0. The number of ether oxygens (including phenoxy) is 10. The molecular weight excluding hydrogens is 1160 g/mol. The van der Waals surface area contributed by atoms with E-state index in [0.29, 0.717) is 44.9 Å². The molecular formula is C59H96O28. The van der Waals surface area contributed by atoms with E-state index < -0.39 is 218 Å². The zero-order valence-corrected chi connectivity index (χ0v) is 50.3. The van der Waals surface area contributed by atoms with E-state index in [1.54, 1.807) is 0 Å². The third-order valence-corrected chi connectivity index (χ3v) is 23.3. The Labute approximate surface area is 504 Å². The SMILES string of the molecule is CC1OC(OC2C(CO)OC(OCC3OC(OC(=O)C45CCC(C)(C)CC4C4=CCC6C7(C)CCC(OC8OCC(O)C(O)C8OC8OC(CO)C(O)C(O)C8O)C(C)(CO)C7CCC6(C)C4(C)CC5O)C(O)C(O)C3O)C(O)C2O)C(O)C(O)C1O. The molecule has 28 heteroatoms. The molecule has 0 radical (unpaired) electrons. The van der Waals surface area contributed by atoms with Crippen molar-refractivity contribution in [1.82, 2.24) is 0 Å². The Hall–Kier alpha value is -1.83. The van der Waals surface area contributed by atoms with Crippen molar-refractivity contribution < 1.29 is 139 Å². The van der Waals surface area contributed by atoms with Gasteiger partial charge < -0.3 is 134 Å². The number of aliphatic hydroxyl groups is 17. The molecule has 0 bridgehead atoms. The Morgan fingerprint density at radius 1 is 0.563 bits per heavy atom. The van der Waals surface area contributed by atoms with Gasteiger partial charge in [0.05, 0.1) is 51.3 Å². The van der Waals surface area contributed by atoms with Crippen LogP contribution in [0.3, 0.4) is 0 Å². The van der Waals surface area contributed by atoms with Crippen LogP contribution in [0.15, 0.2) is 11.6 Å². The second-order valence-electron chi connectivity index (χ2n) is 28.6. The third-order valence-electron chi connectivity index (χ3n) is 23.3. The van der Waals surface area contributed by atoms with Crippen LogP contribution in [0.25, 0.3) is 0 Å². The first-order chi connectivity index (χ1) is 40.8. The number of carbonyl (C=O) groups is 1. The van der Waals surface area contributed by atoms with Crippen molar-refractivity contribution in [3.8, 4) is 0 Å². The Kier molecular flexibility index (Phi) is 19.7. The molecule has 28 nitrogen and oxygen atoms in total. The van der Waals surface area contributed by atoms with Crippen LogP contribution in [0.2, 0.25) is 0 Å². The van der Waals surface area contributed by atoms with Gasteiger partial charge in [0.1, 0.15) is 115 Å². The van der Waals surface area contributed by atoms with Gasteiger partial charge in [-0.15, -0.1) is 0 Å². The Morgan fingerprint density at radius 3 is 1.80 bits per heavy atom. The second kappa shape index (κ2) is 25.1. The highest BCUT2D eigenvalue weighted by atomic mass is 16.8. The molecule has 5 heterocycles. The van der Waals surface area contributed by atoms with E-state index in [9.17, 15) is 86.8 Å². The van der Waals surface area contributed by atoms with Crippen molar-refractivity contribution in [1.29, 1.82) is 0 Å². The predicted molar refractivity (Wildman–Crippen MR) is 291 cm³/mol. The molecule has 10 aliphatic rings. The molecule has 87 heavy (non-hydrogen) atoms. The zero-order valence-electron chi connectivity index (χ0n) is 50.3. The van der Waals surface area contributed by atoms with Crippen LogP contribution in [0.5, 0.6) is 0 Å². The van der Waals surface area contributed by atoms with Gasteiger partial charge in [-0.05, 0) is 104 Å². The average molecular weight is 1250 g/mol. The van der Waals surface area contributed by atoms with Crippen LogP contribution in [-0.2, 0) is 52.2 Å². The molecule has 34 atom stereocenters. The van der Waals surface area contributed by atoms with E-state index in [1.165, 1.54) is 6.92 Å². The van der Waals surface area contributed by atoms with Crippen molar-refractivity contribution >= 4 is 5.97 Å². The van der Waals surface area contributed by atoms with Crippen molar-refractivity contribution in [2.45, 2.75) is 266 Å². The van der Waals surface area contributed by atoms with E-state index in [-0.39, 0.29) is 43.3 Å². The summed E-state index contributed by atoms with van der Waals surface area (Å²) in [5.74, 6) is -1.65. The number of aliphatic hydroxyl groups excluding tert-OH is 17. The predicted octanol–water partition coefficient (Wildman–Crippen LogP) is -4.60. The molecule has 34 unspecified atom stereocenters. The fraction of sp³-hybridized carbons (Fsp3) is 0.949. The number of hydrogen-bond donors (Lipinski definition) is 17. The summed E-state index contributed by atoms with van der Waals surface area (Å²) in [7, 11) is 0. The first-order valence-electron chi connectivity index (χ1n) is 30.9. The van der Waals surface area contributed by atoms with E-state index >= 15 is 4.79 Å². The zero-order chi connectivity index (χ0) is 63.6.